The van der Waals surface area contributed by atoms with Crippen LogP contribution in [0.15, 0.2) is 24.3 Å². The second kappa shape index (κ2) is 7.13. The number of ether oxygens (including phenoxy) is 1. The Morgan fingerprint density at radius 1 is 1.36 bits per heavy atom. The third kappa shape index (κ3) is 3.88. The van der Waals surface area contributed by atoms with Crippen LogP contribution in [0.1, 0.15) is 24.8 Å². The maximum atomic E-state index is 11.9. The van der Waals surface area contributed by atoms with E-state index < -0.39 is 0 Å². The van der Waals surface area contributed by atoms with E-state index in [1.54, 1.807) is 0 Å². The number of hydrogen-bond acceptors (Lipinski definition) is 5. The molecule has 1 aliphatic heterocycles. The van der Waals surface area contributed by atoms with Crippen molar-refractivity contribution in [1.29, 1.82) is 0 Å². The van der Waals surface area contributed by atoms with Crippen molar-refractivity contribution in [2.45, 2.75) is 25.8 Å². The molecule has 1 amide bonds. The molecule has 7 nitrogen and oxygen atoms in total. The summed E-state index contributed by atoms with van der Waals surface area (Å²) in [6.45, 7) is 2.05. The smallest absolute Gasteiger partial charge is 0.220 e. The molecule has 1 fully saturated rings. The molecule has 2 heterocycles. The van der Waals surface area contributed by atoms with Gasteiger partial charge in [0, 0.05) is 31.7 Å². The lowest BCUT2D eigenvalue weighted by Crippen LogP contribution is -2.28. The van der Waals surface area contributed by atoms with Gasteiger partial charge in [-0.2, -0.15) is 5.21 Å². The molecule has 22 heavy (non-hydrogen) atoms. The summed E-state index contributed by atoms with van der Waals surface area (Å²) in [6.07, 6.45) is 2.67. The summed E-state index contributed by atoms with van der Waals surface area (Å²) in [5.41, 5.74) is 1.93. The minimum absolute atomic E-state index is 0.0812. The Morgan fingerprint density at radius 2 is 2.23 bits per heavy atom. The summed E-state index contributed by atoms with van der Waals surface area (Å²) < 4.78 is 5.39. The first kappa shape index (κ1) is 14.6. The van der Waals surface area contributed by atoms with Crippen LogP contribution in [0.2, 0.25) is 0 Å². The molecule has 2 N–H and O–H groups in total. The van der Waals surface area contributed by atoms with Gasteiger partial charge in [0.05, 0.1) is 0 Å². The standard InChI is InChI=1S/C15H19N5O2/c21-14(8-12-2-1-7-22-10-12)16-9-11-3-5-13(6-4-11)15-17-19-20-18-15/h3-6,12H,1-2,7-10H2,(H,16,21)(H,17,18,19,20). The lowest BCUT2D eigenvalue weighted by Gasteiger charge is -2.21. The summed E-state index contributed by atoms with van der Waals surface area (Å²) in [4.78, 5) is 11.9. The topological polar surface area (TPSA) is 92.8 Å². The van der Waals surface area contributed by atoms with Gasteiger partial charge >= 0.3 is 0 Å². The first-order chi connectivity index (χ1) is 10.8. The third-order valence-corrected chi connectivity index (χ3v) is 3.78. The zero-order chi connectivity index (χ0) is 15.2. The molecule has 1 aromatic heterocycles. The Bertz CT molecular complexity index is 591. The van der Waals surface area contributed by atoms with E-state index in [0.717, 1.165) is 30.6 Å². The highest BCUT2D eigenvalue weighted by atomic mass is 16.5. The molecule has 1 unspecified atom stereocenters. The number of benzene rings is 1. The van der Waals surface area contributed by atoms with Crippen LogP contribution < -0.4 is 5.32 Å². The Hall–Kier alpha value is -2.28. The zero-order valence-electron chi connectivity index (χ0n) is 12.3. The number of rotatable bonds is 5. The van der Waals surface area contributed by atoms with Crippen LogP contribution in [0.5, 0.6) is 0 Å². The Morgan fingerprint density at radius 3 is 2.91 bits per heavy atom. The molecular weight excluding hydrogens is 282 g/mol. The fourth-order valence-corrected chi connectivity index (χ4v) is 2.56. The van der Waals surface area contributed by atoms with Gasteiger partial charge in [-0.3, -0.25) is 4.79 Å². The molecular formula is C15H19N5O2. The molecule has 1 aliphatic rings. The Balaban J connectivity index is 1.47. The lowest BCUT2D eigenvalue weighted by atomic mass is 9.98. The van der Waals surface area contributed by atoms with Crippen LogP contribution in [0.3, 0.4) is 0 Å². The summed E-state index contributed by atoms with van der Waals surface area (Å²) >= 11 is 0. The highest BCUT2D eigenvalue weighted by Gasteiger charge is 2.17. The van der Waals surface area contributed by atoms with Crippen LogP contribution in [0.25, 0.3) is 11.4 Å². The van der Waals surface area contributed by atoms with E-state index in [1.807, 2.05) is 24.3 Å². The molecule has 0 saturated carbocycles. The second-order valence-electron chi connectivity index (χ2n) is 5.50. The molecule has 0 radical (unpaired) electrons. The molecule has 116 valence electrons. The molecule has 1 saturated heterocycles. The first-order valence-electron chi connectivity index (χ1n) is 7.48. The summed E-state index contributed by atoms with van der Waals surface area (Å²) in [5, 5.41) is 16.8. The molecule has 0 bridgehead atoms. The number of carbonyl (C=O) groups excluding carboxylic acids is 1. The van der Waals surface area contributed by atoms with Gasteiger partial charge in [0.15, 0.2) is 0 Å². The van der Waals surface area contributed by atoms with Crippen molar-refractivity contribution >= 4 is 5.91 Å². The van der Waals surface area contributed by atoms with Gasteiger partial charge in [-0.25, -0.2) is 0 Å². The lowest BCUT2D eigenvalue weighted by molar-refractivity contribution is -0.123. The molecule has 0 spiro atoms. The molecule has 1 aromatic carbocycles. The normalized spacial score (nSPS) is 18.1. The summed E-state index contributed by atoms with van der Waals surface area (Å²) in [7, 11) is 0. The number of tetrazole rings is 1. The van der Waals surface area contributed by atoms with E-state index in [9.17, 15) is 4.79 Å². The van der Waals surface area contributed by atoms with E-state index in [0.29, 0.717) is 31.3 Å². The predicted molar refractivity (Wildman–Crippen MR) is 79.6 cm³/mol. The minimum Gasteiger partial charge on any atom is -0.381 e. The van der Waals surface area contributed by atoms with Crippen LogP contribution in [-0.4, -0.2) is 39.7 Å². The average Bonchev–Trinajstić information content (AvgIpc) is 3.09. The number of aromatic nitrogens is 4. The van der Waals surface area contributed by atoms with Crippen LogP contribution >= 0.6 is 0 Å². The SMILES string of the molecule is O=C(CC1CCCOC1)NCc1ccc(-c2nn[nH]n2)cc1. The number of nitrogens with zero attached hydrogens (tertiary/aromatic N) is 3. The fourth-order valence-electron chi connectivity index (χ4n) is 2.56. The highest BCUT2D eigenvalue weighted by Crippen LogP contribution is 2.17. The maximum Gasteiger partial charge on any atom is 0.220 e. The molecule has 0 aliphatic carbocycles. The van der Waals surface area contributed by atoms with E-state index in [-0.39, 0.29) is 5.91 Å². The second-order valence-corrected chi connectivity index (χ2v) is 5.50. The molecule has 2 aromatic rings. The van der Waals surface area contributed by atoms with Gasteiger partial charge in [0.1, 0.15) is 0 Å². The Kier molecular flexibility index (Phi) is 4.75. The predicted octanol–water partition coefficient (Wildman–Crippen LogP) is 1.30. The molecule has 7 heteroatoms. The minimum atomic E-state index is 0.0812. The number of hydrogen-bond donors (Lipinski definition) is 2. The zero-order valence-corrected chi connectivity index (χ0v) is 12.3. The van der Waals surface area contributed by atoms with E-state index in [2.05, 4.69) is 25.9 Å². The number of nitrogens with one attached hydrogen (secondary N) is 2. The van der Waals surface area contributed by atoms with Crippen molar-refractivity contribution in [2.75, 3.05) is 13.2 Å². The average molecular weight is 301 g/mol. The Labute approximate surface area is 128 Å². The third-order valence-electron chi connectivity index (χ3n) is 3.78. The number of amides is 1. The highest BCUT2D eigenvalue weighted by molar-refractivity contribution is 5.76. The monoisotopic (exact) mass is 301 g/mol. The first-order valence-corrected chi connectivity index (χ1v) is 7.48. The van der Waals surface area contributed by atoms with Gasteiger partial charge < -0.3 is 10.1 Å². The van der Waals surface area contributed by atoms with Crippen molar-refractivity contribution in [3.8, 4) is 11.4 Å². The van der Waals surface area contributed by atoms with Gasteiger partial charge in [-0.05, 0) is 29.5 Å². The van der Waals surface area contributed by atoms with Crippen molar-refractivity contribution in [3.63, 3.8) is 0 Å². The summed E-state index contributed by atoms with van der Waals surface area (Å²) in [5.74, 6) is 1.000. The van der Waals surface area contributed by atoms with Gasteiger partial charge in [-0.1, -0.05) is 24.3 Å². The van der Waals surface area contributed by atoms with Crippen molar-refractivity contribution < 1.29 is 9.53 Å². The van der Waals surface area contributed by atoms with Gasteiger partial charge in [0.25, 0.3) is 0 Å². The van der Waals surface area contributed by atoms with Gasteiger partial charge in [0.2, 0.25) is 11.7 Å². The quantitative estimate of drug-likeness (QED) is 0.868. The van der Waals surface area contributed by atoms with Crippen molar-refractivity contribution in [2.24, 2.45) is 5.92 Å². The molecule has 3 rings (SSSR count). The van der Waals surface area contributed by atoms with Crippen molar-refractivity contribution in [3.05, 3.63) is 29.8 Å². The van der Waals surface area contributed by atoms with Crippen LogP contribution in [0.4, 0.5) is 0 Å². The van der Waals surface area contributed by atoms with E-state index >= 15 is 0 Å². The molecule has 1 atom stereocenters. The summed E-state index contributed by atoms with van der Waals surface area (Å²) in [6, 6.07) is 7.74. The van der Waals surface area contributed by atoms with Gasteiger partial charge in [-0.15, -0.1) is 10.2 Å². The number of aromatic amines is 1. The maximum absolute atomic E-state index is 11.9. The van der Waals surface area contributed by atoms with E-state index in [1.165, 1.54) is 0 Å². The largest absolute Gasteiger partial charge is 0.381 e. The fraction of sp³-hybridized carbons (Fsp3) is 0.467. The number of carbonyl (C=O) groups is 1. The van der Waals surface area contributed by atoms with Crippen LogP contribution in [0, 0.1) is 5.92 Å². The van der Waals surface area contributed by atoms with E-state index in [4.69, 9.17) is 4.74 Å². The number of H-pyrrole nitrogens is 1. The van der Waals surface area contributed by atoms with Crippen LogP contribution in [-0.2, 0) is 16.1 Å². The van der Waals surface area contributed by atoms with Crippen molar-refractivity contribution in [1.82, 2.24) is 25.9 Å².